The molecule has 0 radical (unpaired) electrons. The number of nitrogens with one attached hydrogen (secondary N) is 1. The number of hydrogen-bond donors (Lipinski definition) is 3. The first kappa shape index (κ1) is 22.9. The summed E-state index contributed by atoms with van der Waals surface area (Å²) in [5, 5.41) is 13.0. The average molecular weight is 430 g/mol. The SMILES string of the molecule is CN(c1ccc(OCC(O)CNCCc2ccccc2OC(F)F)cc1)[SH](=O)=O. The van der Waals surface area contributed by atoms with Gasteiger partial charge in [0.25, 0.3) is 0 Å². The zero-order chi connectivity index (χ0) is 21.2. The van der Waals surface area contributed by atoms with Gasteiger partial charge >= 0.3 is 6.61 Å². The molecular weight excluding hydrogens is 406 g/mol. The minimum atomic E-state index is -2.87. The third-order valence-electron chi connectivity index (χ3n) is 4.04. The first-order valence-electron chi connectivity index (χ1n) is 8.89. The Balaban J connectivity index is 1.71. The Morgan fingerprint density at radius 1 is 1.14 bits per heavy atom. The molecule has 0 saturated carbocycles. The normalized spacial score (nSPS) is 12.2. The largest absolute Gasteiger partial charge is 0.491 e. The molecule has 1 atom stereocenters. The van der Waals surface area contributed by atoms with E-state index < -0.39 is 23.6 Å². The van der Waals surface area contributed by atoms with Crippen molar-refractivity contribution >= 4 is 16.6 Å². The second kappa shape index (κ2) is 11.5. The Hall–Kier alpha value is -2.43. The molecule has 29 heavy (non-hydrogen) atoms. The third-order valence-corrected chi connectivity index (χ3v) is 4.76. The molecule has 0 aliphatic carbocycles. The van der Waals surface area contributed by atoms with Crippen molar-refractivity contribution in [3.05, 3.63) is 54.1 Å². The summed E-state index contributed by atoms with van der Waals surface area (Å²) in [6.07, 6.45) is -0.311. The summed E-state index contributed by atoms with van der Waals surface area (Å²) in [5.74, 6) is 0.643. The van der Waals surface area contributed by atoms with Crippen LogP contribution in [0.3, 0.4) is 0 Å². The molecule has 10 heteroatoms. The molecule has 0 spiro atoms. The van der Waals surface area contributed by atoms with Crippen LogP contribution in [0.4, 0.5) is 14.5 Å². The van der Waals surface area contributed by atoms with Gasteiger partial charge in [0.05, 0.1) is 5.69 Å². The predicted octanol–water partition coefficient (Wildman–Crippen LogP) is 1.82. The lowest BCUT2D eigenvalue weighted by molar-refractivity contribution is -0.0504. The fourth-order valence-corrected chi connectivity index (χ4v) is 2.84. The fraction of sp³-hybridized carbons (Fsp3) is 0.368. The summed E-state index contributed by atoms with van der Waals surface area (Å²) in [7, 11) is -1.26. The van der Waals surface area contributed by atoms with Crippen molar-refractivity contribution in [1.82, 2.24) is 5.32 Å². The number of aliphatic hydroxyl groups is 1. The van der Waals surface area contributed by atoms with Gasteiger partial charge in [-0.2, -0.15) is 8.78 Å². The van der Waals surface area contributed by atoms with Crippen molar-refractivity contribution in [1.29, 1.82) is 0 Å². The van der Waals surface area contributed by atoms with E-state index in [1.807, 2.05) is 0 Å². The van der Waals surface area contributed by atoms with Crippen LogP contribution in [-0.2, 0) is 17.3 Å². The number of benzene rings is 2. The predicted molar refractivity (Wildman–Crippen MR) is 106 cm³/mol. The second-order valence-corrected chi connectivity index (χ2v) is 7.24. The molecule has 0 bridgehead atoms. The molecule has 7 nitrogen and oxygen atoms in total. The van der Waals surface area contributed by atoms with E-state index in [1.54, 1.807) is 42.5 Å². The number of ether oxygens (including phenoxy) is 2. The number of rotatable bonds is 12. The Bertz CT molecular complexity index is 826. The Morgan fingerprint density at radius 2 is 1.83 bits per heavy atom. The van der Waals surface area contributed by atoms with Crippen LogP contribution in [-0.4, -0.2) is 53.0 Å². The molecule has 0 aliphatic rings. The third kappa shape index (κ3) is 7.84. The van der Waals surface area contributed by atoms with Gasteiger partial charge < -0.3 is 19.9 Å². The van der Waals surface area contributed by atoms with Crippen LogP contribution in [0.15, 0.2) is 48.5 Å². The van der Waals surface area contributed by atoms with Crippen molar-refractivity contribution < 1.29 is 31.8 Å². The maximum atomic E-state index is 12.4. The van der Waals surface area contributed by atoms with Crippen LogP contribution < -0.4 is 19.1 Å². The number of anilines is 1. The van der Waals surface area contributed by atoms with E-state index >= 15 is 0 Å². The molecule has 0 aliphatic heterocycles. The summed E-state index contributed by atoms with van der Waals surface area (Å²) < 4.78 is 57.7. The highest BCUT2D eigenvalue weighted by molar-refractivity contribution is 7.74. The summed E-state index contributed by atoms with van der Waals surface area (Å²) in [6, 6.07) is 13.0. The van der Waals surface area contributed by atoms with E-state index in [-0.39, 0.29) is 18.9 Å². The molecule has 2 aromatic carbocycles. The highest BCUT2D eigenvalue weighted by Gasteiger charge is 2.10. The highest BCUT2D eigenvalue weighted by atomic mass is 32.2. The van der Waals surface area contributed by atoms with Crippen molar-refractivity contribution in [2.45, 2.75) is 19.1 Å². The minimum Gasteiger partial charge on any atom is -0.491 e. The molecule has 0 heterocycles. The molecule has 1 unspecified atom stereocenters. The van der Waals surface area contributed by atoms with Gasteiger partial charge in [-0.1, -0.05) is 18.2 Å². The number of nitrogens with zero attached hydrogens (tertiary/aromatic N) is 1. The second-order valence-electron chi connectivity index (χ2n) is 6.16. The Morgan fingerprint density at radius 3 is 2.48 bits per heavy atom. The van der Waals surface area contributed by atoms with Gasteiger partial charge in [0.1, 0.15) is 24.2 Å². The van der Waals surface area contributed by atoms with Gasteiger partial charge in [0, 0.05) is 13.6 Å². The van der Waals surface area contributed by atoms with Gasteiger partial charge in [-0.05, 0) is 48.9 Å². The van der Waals surface area contributed by atoms with E-state index in [0.717, 1.165) is 4.31 Å². The fourth-order valence-electron chi connectivity index (χ4n) is 2.52. The average Bonchev–Trinajstić information content (AvgIpc) is 2.70. The Labute approximate surface area is 169 Å². The zero-order valence-electron chi connectivity index (χ0n) is 15.8. The minimum absolute atomic E-state index is 0.0447. The first-order valence-corrected chi connectivity index (χ1v) is 10.0. The lowest BCUT2D eigenvalue weighted by Gasteiger charge is -2.15. The number of para-hydroxylation sites is 1. The van der Waals surface area contributed by atoms with Crippen molar-refractivity contribution in [3.8, 4) is 11.5 Å². The van der Waals surface area contributed by atoms with Crippen LogP contribution in [0.2, 0.25) is 0 Å². The molecule has 0 fully saturated rings. The molecule has 2 rings (SSSR count). The molecule has 2 aromatic rings. The first-order chi connectivity index (χ1) is 13.9. The lowest BCUT2D eigenvalue weighted by Crippen LogP contribution is -2.32. The van der Waals surface area contributed by atoms with Crippen LogP contribution in [0.25, 0.3) is 0 Å². The zero-order valence-corrected chi connectivity index (χ0v) is 16.7. The highest BCUT2D eigenvalue weighted by Crippen LogP contribution is 2.20. The van der Waals surface area contributed by atoms with Crippen molar-refractivity contribution in [2.24, 2.45) is 0 Å². The number of halogens is 2. The van der Waals surface area contributed by atoms with Crippen LogP contribution in [0.5, 0.6) is 11.5 Å². The quantitative estimate of drug-likeness (QED) is 0.352. The summed E-state index contributed by atoms with van der Waals surface area (Å²) >= 11 is 0. The summed E-state index contributed by atoms with van der Waals surface area (Å²) in [4.78, 5) is 0. The molecule has 0 saturated heterocycles. The standard InChI is InChI=1S/C19H24F2N2O5S/c1-23(29(25)26)15-6-8-17(9-7-15)27-13-16(24)12-22-11-10-14-4-2-3-5-18(14)28-19(20)21/h2-9,16,19,22,24,29H,10-13H2,1H3. The summed E-state index contributed by atoms with van der Waals surface area (Å²) in [5.41, 5.74) is 1.16. The molecule has 160 valence electrons. The van der Waals surface area contributed by atoms with Gasteiger partial charge in [-0.15, -0.1) is 0 Å². The topological polar surface area (TPSA) is 88.1 Å². The lowest BCUT2D eigenvalue weighted by atomic mass is 10.1. The van der Waals surface area contributed by atoms with Gasteiger partial charge in [-0.3, -0.25) is 4.31 Å². The van der Waals surface area contributed by atoms with Crippen LogP contribution in [0.1, 0.15) is 5.56 Å². The number of thiol groups is 1. The van der Waals surface area contributed by atoms with Crippen LogP contribution >= 0.6 is 0 Å². The van der Waals surface area contributed by atoms with E-state index in [4.69, 9.17) is 4.74 Å². The molecule has 0 amide bonds. The Kier molecular flexibility index (Phi) is 9.10. The maximum Gasteiger partial charge on any atom is 0.387 e. The molecule has 0 aromatic heterocycles. The van der Waals surface area contributed by atoms with Gasteiger partial charge in [-0.25, -0.2) is 8.42 Å². The van der Waals surface area contributed by atoms with E-state index in [1.165, 1.54) is 13.1 Å². The summed E-state index contributed by atoms with van der Waals surface area (Å²) in [6.45, 7) is -2.10. The molecule has 2 N–H and O–H groups in total. The smallest absolute Gasteiger partial charge is 0.387 e. The van der Waals surface area contributed by atoms with Crippen molar-refractivity contribution in [2.75, 3.05) is 31.0 Å². The van der Waals surface area contributed by atoms with Gasteiger partial charge in [0.2, 0.25) is 10.9 Å². The monoisotopic (exact) mass is 430 g/mol. The number of aliphatic hydroxyl groups excluding tert-OH is 1. The number of hydrogen-bond acceptors (Lipinski definition) is 6. The molecular formula is C19H24F2N2O5S. The number of alkyl halides is 2. The van der Waals surface area contributed by atoms with E-state index in [0.29, 0.717) is 30.0 Å². The van der Waals surface area contributed by atoms with Crippen molar-refractivity contribution in [3.63, 3.8) is 0 Å². The van der Waals surface area contributed by atoms with E-state index in [2.05, 4.69) is 10.1 Å². The van der Waals surface area contributed by atoms with Gasteiger partial charge in [0.15, 0.2) is 0 Å². The van der Waals surface area contributed by atoms with Crippen LogP contribution in [0, 0.1) is 0 Å². The maximum absolute atomic E-state index is 12.4. The van der Waals surface area contributed by atoms with E-state index in [9.17, 15) is 22.3 Å².